The molecule has 0 fully saturated rings. The Balaban J connectivity index is 1.85. The van der Waals surface area contributed by atoms with Gasteiger partial charge in [0.25, 0.3) is 0 Å². The second kappa shape index (κ2) is 12.2. The summed E-state index contributed by atoms with van der Waals surface area (Å²) in [7, 11) is 8.41. The average molecular weight is 433 g/mol. The highest BCUT2D eigenvalue weighted by atomic mass is 15.3. The summed E-state index contributed by atoms with van der Waals surface area (Å²) in [4.78, 5) is 18.7. The van der Waals surface area contributed by atoms with Crippen LogP contribution in [-0.2, 0) is 13.1 Å². The number of anilines is 2. The molecule has 0 amide bonds. The zero-order valence-electron chi connectivity index (χ0n) is 19.9. The Hall–Kier alpha value is -2.96. The van der Waals surface area contributed by atoms with E-state index in [1.54, 1.807) is 0 Å². The fraction of sp³-hybridized carbons (Fsp3) is 0.385. The van der Waals surface area contributed by atoms with Gasteiger partial charge in [0, 0.05) is 45.5 Å². The van der Waals surface area contributed by atoms with Gasteiger partial charge in [-0.2, -0.15) is 4.98 Å². The van der Waals surface area contributed by atoms with Gasteiger partial charge in [0.05, 0.1) is 0 Å². The third kappa shape index (κ3) is 7.62. The topological polar surface area (TPSA) is 38.7 Å². The average Bonchev–Trinajstić information content (AvgIpc) is 2.80. The summed E-state index contributed by atoms with van der Waals surface area (Å²) in [5.74, 6) is 1.74. The first-order chi connectivity index (χ1) is 15.5. The molecule has 0 saturated carbocycles. The third-order valence-corrected chi connectivity index (χ3v) is 5.30. The van der Waals surface area contributed by atoms with Crippen LogP contribution < -0.4 is 9.80 Å². The lowest BCUT2D eigenvalue weighted by molar-refractivity contribution is 0.410. The van der Waals surface area contributed by atoms with E-state index in [9.17, 15) is 0 Å². The highest BCUT2D eigenvalue weighted by Crippen LogP contribution is 2.19. The van der Waals surface area contributed by atoms with Crippen molar-refractivity contribution in [1.29, 1.82) is 0 Å². The van der Waals surface area contributed by atoms with Crippen molar-refractivity contribution in [2.24, 2.45) is 0 Å². The number of benzene rings is 2. The quantitative estimate of drug-likeness (QED) is 0.435. The van der Waals surface area contributed by atoms with Crippen LogP contribution in [0, 0.1) is 0 Å². The maximum absolute atomic E-state index is 5.03. The molecule has 3 aromatic rings. The van der Waals surface area contributed by atoms with Crippen molar-refractivity contribution < 1.29 is 0 Å². The lowest BCUT2D eigenvalue weighted by atomic mass is 10.2. The van der Waals surface area contributed by atoms with Gasteiger partial charge in [-0.3, -0.25) is 0 Å². The summed E-state index contributed by atoms with van der Waals surface area (Å²) in [5, 5.41) is 0. The smallest absolute Gasteiger partial charge is 0.227 e. The van der Waals surface area contributed by atoms with E-state index in [-0.39, 0.29) is 0 Å². The zero-order valence-corrected chi connectivity index (χ0v) is 19.9. The van der Waals surface area contributed by atoms with E-state index in [0.29, 0.717) is 0 Å². The molecule has 2 aromatic carbocycles. The monoisotopic (exact) mass is 432 g/mol. The highest BCUT2D eigenvalue weighted by molar-refractivity contribution is 5.45. The molecule has 0 bridgehead atoms. The van der Waals surface area contributed by atoms with Crippen LogP contribution in [0.25, 0.3) is 0 Å². The molecule has 170 valence electrons. The Bertz CT molecular complexity index is 841. The largest absolute Gasteiger partial charge is 0.351 e. The van der Waals surface area contributed by atoms with Gasteiger partial charge in [-0.1, -0.05) is 60.7 Å². The van der Waals surface area contributed by atoms with Crippen LogP contribution >= 0.6 is 0 Å². The summed E-state index contributed by atoms with van der Waals surface area (Å²) in [6.45, 7) is 5.27. The van der Waals surface area contributed by atoms with E-state index in [4.69, 9.17) is 4.98 Å². The molecule has 3 rings (SSSR count). The minimum Gasteiger partial charge on any atom is -0.351 e. The molecule has 0 spiro atoms. The Kier molecular flexibility index (Phi) is 9.01. The molecule has 0 unspecified atom stereocenters. The molecule has 0 aliphatic carbocycles. The van der Waals surface area contributed by atoms with Crippen molar-refractivity contribution in [3.8, 4) is 0 Å². The molecule has 0 aliphatic rings. The van der Waals surface area contributed by atoms with Crippen LogP contribution in [0.15, 0.2) is 72.9 Å². The van der Waals surface area contributed by atoms with Gasteiger partial charge in [0.15, 0.2) is 0 Å². The first-order valence-electron chi connectivity index (χ1n) is 11.2. The lowest BCUT2D eigenvalue weighted by Crippen LogP contribution is -2.34. The Morgan fingerprint density at radius 2 is 1.09 bits per heavy atom. The normalized spacial score (nSPS) is 11.2. The zero-order chi connectivity index (χ0) is 22.8. The van der Waals surface area contributed by atoms with E-state index in [1.807, 2.05) is 12.3 Å². The van der Waals surface area contributed by atoms with Crippen molar-refractivity contribution in [2.75, 3.05) is 64.2 Å². The fourth-order valence-electron chi connectivity index (χ4n) is 3.44. The van der Waals surface area contributed by atoms with Crippen LogP contribution in [0.4, 0.5) is 11.8 Å². The van der Waals surface area contributed by atoms with Crippen molar-refractivity contribution in [3.05, 3.63) is 84.1 Å². The predicted molar refractivity (Wildman–Crippen MR) is 134 cm³/mol. The number of rotatable bonds is 12. The molecule has 0 N–H and O–H groups in total. The van der Waals surface area contributed by atoms with Crippen molar-refractivity contribution in [3.63, 3.8) is 0 Å². The van der Waals surface area contributed by atoms with Crippen LogP contribution in [0.2, 0.25) is 0 Å². The Labute approximate surface area is 193 Å². The molecule has 6 nitrogen and oxygen atoms in total. The van der Waals surface area contributed by atoms with E-state index in [1.165, 1.54) is 11.1 Å². The van der Waals surface area contributed by atoms with Gasteiger partial charge in [-0.05, 0) is 45.4 Å². The SMILES string of the molecule is CN(C)CCN(Cc1ccccc1)c1ccnc(N(CCN(C)C)Cc2ccccc2)n1. The van der Waals surface area contributed by atoms with Crippen LogP contribution in [-0.4, -0.2) is 74.1 Å². The van der Waals surface area contributed by atoms with Gasteiger partial charge in [0.2, 0.25) is 5.95 Å². The molecule has 1 heterocycles. The fourth-order valence-corrected chi connectivity index (χ4v) is 3.44. The van der Waals surface area contributed by atoms with Crippen LogP contribution in [0.3, 0.4) is 0 Å². The Morgan fingerprint density at radius 3 is 1.62 bits per heavy atom. The van der Waals surface area contributed by atoms with E-state index >= 15 is 0 Å². The lowest BCUT2D eigenvalue weighted by Gasteiger charge is -2.28. The second-order valence-electron chi connectivity index (χ2n) is 8.64. The van der Waals surface area contributed by atoms with Gasteiger partial charge in [-0.15, -0.1) is 0 Å². The summed E-state index contributed by atoms with van der Waals surface area (Å²) in [6.07, 6.45) is 1.89. The molecule has 1 aromatic heterocycles. The number of nitrogens with zero attached hydrogens (tertiary/aromatic N) is 6. The summed E-state index contributed by atoms with van der Waals surface area (Å²) >= 11 is 0. The first kappa shape index (κ1) is 23.7. The van der Waals surface area contributed by atoms with Gasteiger partial charge >= 0.3 is 0 Å². The number of likely N-dealkylation sites (N-methyl/N-ethyl adjacent to an activating group) is 2. The molecule has 0 saturated heterocycles. The molecule has 6 heteroatoms. The summed E-state index contributed by atoms with van der Waals surface area (Å²) in [6, 6.07) is 23.1. The second-order valence-corrected chi connectivity index (χ2v) is 8.64. The summed E-state index contributed by atoms with van der Waals surface area (Å²) < 4.78 is 0. The van der Waals surface area contributed by atoms with Crippen LogP contribution in [0.1, 0.15) is 11.1 Å². The molecule has 32 heavy (non-hydrogen) atoms. The van der Waals surface area contributed by atoms with E-state index in [2.05, 4.69) is 113 Å². The summed E-state index contributed by atoms with van der Waals surface area (Å²) in [5.41, 5.74) is 2.54. The molecule has 0 radical (unpaired) electrons. The molecule has 0 aliphatic heterocycles. The minimum absolute atomic E-state index is 0.774. The maximum atomic E-state index is 5.03. The van der Waals surface area contributed by atoms with Gasteiger partial charge in [0.1, 0.15) is 5.82 Å². The molecular weight excluding hydrogens is 396 g/mol. The predicted octanol–water partition coefficient (Wildman–Crippen LogP) is 3.61. The van der Waals surface area contributed by atoms with Gasteiger partial charge in [-0.25, -0.2) is 4.98 Å². The molecule has 0 atom stereocenters. The standard InChI is InChI=1S/C26H36N6/c1-29(2)17-19-31(21-23-11-7-5-8-12-23)25-15-16-27-26(28-25)32(20-18-30(3)4)22-24-13-9-6-10-14-24/h5-16H,17-22H2,1-4H3. The van der Waals surface area contributed by atoms with Crippen molar-refractivity contribution in [2.45, 2.75) is 13.1 Å². The van der Waals surface area contributed by atoms with Crippen LogP contribution in [0.5, 0.6) is 0 Å². The highest BCUT2D eigenvalue weighted by Gasteiger charge is 2.15. The Morgan fingerprint density at radius 1 is 0.594 bits per heavy atom. The van der Waals surface area contributed by atoms with Crippen molar-refractivity contribution in [1.82, 2.24) is 19.8 Å². The van der Waals surface area contributed by atoms with E-state index in [0.717, 1.165) is 51.0 Å². The number of hydrogen-bond acceptors (Lipinski definition) is 6. The number of hydrogen-bond donors (Lipinski definition) is 0. The van der Waals surface area contributed by atoms with Gasteiger partial charge < -0.3 is 19.6 Å². The molecular formula is C26H36N6. The first-order valence-corrected chi connectivity index (χ1v) is 11.2. The minimum atomic E-state index is 0.774. The number of aromatic nitrogens is 2. The maximum Gasteiger partial charge on any atom is 0.227 e. The third-order valence-electron chi connectivity index (χ3n) is 5.30. The van der Waals surface area contributed by atoms with Crippen molar-refractivity contribution >= 4 is 11.8 Å². The van der Waals surface area contributed by atoms with E-state index < -0.39 is 0 Å².